The normalized spacial score (nSPS) is 12.1. The molecule has 1 unspecified atom stereocenters. The summed E-state index contributed by atoms with van der Waals surface area (Å²) in [6.07, 6.45) is 0. The molecule has 2 aromatic carbocycles. The number of methoxy groups -OCH3 is 1. The van der Waals surface area contributed by atoms with E-state index in [4.69, 9.17) is 16.3 Å². The van der Waals surface area contributed by atoms with Crippen molar-refractivity contribution >= 4 is 45.6 Å². The summed E-state index contributed by atoms with van der Waals surface area (Å²) in [4.78, 5) is 39.0. The number of benzene rings is 2. The second kappa shape index (κ2) is 8.87. The van der Waals surface area contributed by atoms with Gasteiger partial charge in [0.1, 0.15) is 11.4 Å². The molecule has 2 N–H and O–H groups in total. The van der Waals surface area contributed by atoms with Crippen LogP contribution in [0.1, 0.15) is 12.5 Å². The van der Waals surface area contributed by atoms with Gasteiger partial charge >= 0.3 is 0 Å². The number of halogens is 1. The first-order valence-corrected chi connectivity index (χ1v) is 9.36. The van der Waals surface area contributed by atoms with Crippen molar-refractivity contribution in [2.45, 2.75) is 19.9 Å². The topological polar surface area (TPSA) is 113 Å². The lowest BCUT2D eigenvalue weighted by Crippen LogP contribution is -2.31. The minimum Gasteiger partial charge on any atom is -0.495 e. The van der Waals surface area contributed by atoms with Crippen LogP contribution < -0.4 is 15.6 Å². The Labute approximate surface area is 176 Å². The van der Waals surface area contributed by atoms with Gasteiger partial charge in [0.2, 0.25) is 11.6 Å². The monoisotopic (exact) mass is 426 g/mol. The molecule has 0 aliphatic rings. The molecule has 0 saturated carbocycles. The number of pyridine rings is 1. The number of azo groups is 1. The van der Waals surface area contributed by atoms with Gasteiger partial charge in [-0.25, -0.2) is 0 Å². The fourth-order valence-electron chi connectivity index (χ4n) is 2.90. The number of amides is 1. The number of ketones is 1. The van der Waals surface area contributed by atoms with Crippen molar-refractivity contribution in [2.75, 3.05) is 12.4 Å². The molecule has 1 amide bonds. The second-order valence-electron chi connectivity index (χ2n) is 6.58. The van der Waals surface area contributed by atoms with Crippen LogP contribution in [0.3, 0.4) is 0 Å². The number of hydrogen-bond donors (Lipinski definition) is 2. The number of para-hydroxylation sites is 2. The minimum absolute atomic E-state index is 0.224. The Morgan fingerprint density at radius 3 is 2.63 bits per heavy atom. The predicted molar refractivity (Wildman–Crippen MR) is 115 cm³/mol. The number of nitrogens with one attached hydrogen (secondary N) is 2. The molecule has 0 saturated heterocycles. The van der Waals surface area contributed by atoms with E-state index in [-0.39, 0.29) is 16.3 Å². The number of Topliss-reactive ketones (excluding diaryl/α,β-unsaturated/α-hetero) is 1. The van der Waals surface area contributed by atoms with Gasteiger partial charge in [-0.1, -0.05) is 23.7 Å². The summed E-state index contributed by atoms with van der Waals surface area (Å²) in [5.74, 6) is -0.703. The number of fused-ring (bicyclic) bond motifs is 1. The summed E-state index contributed by atoms with van der Waals surface area (Å²) < 4.78 is 5.19. The molecule has 9 heteroatoms. The highest BCUT2D eigenvalue weighted by Crippen LogP contribution is 2.31. The van der Waals surface area contributed by atoms with Crippen LogP contribution in [0.25, 0.3) is 10.9 Å². The van der Waals surface area contributed by atoms with E-state index in [1.807, 2.05) is 0 Å². The SMILES string of the molecule is COc1ccccc1NC(=O)C(N=Nc1cc2[nH]c(=O)cc(C)c2cc1Cl)C(C)=O. The average Bonchev–Trinajstić information content (AvgIpc) is 2.69. The molecule has 0 aliphatic heterocycles. The Morgan fingerprint density at radius 1 is 1.20 bits per heavy atom. The van der Waals surface area contributed by atoms with E-state index >= 15 is 0 Å². The van der Waals surface area contributed by atoms with Gasteiger partial charge in [0, 0.05) is 11.5 Å². The van der Waals surface area contributed by atoms with E-state index in [9.17, 15) is 14.4 Å². The van der Waals surface area contributed by atoms with Crippen molar-refractivity contribution in [3.05, 3.63) is 63.4 Å². The molecule has 0 aliphatic carbocycles. The predicted octanol–water partition coefficient (Wildman–Crippen LogP) is 4.18. The zero-order valence-electron chi connectivity index (χ0n) is 16.5. The maximum atomic E-state index is 12.6. The Hall–Kier alpha value is -3.52. The van der Waals surface area contributed by atoms with E-state index in [1.165, 1.54) is 20.1 Å². The van der Waals surface area contributed by atoms with Crippen LogP contribution in [0.2, 0.25) is 5.02 Å². The van der Waals surface area contributed by atoms with Crippen molar-refractivity contribution in [3.63, 3.8) is 0 Å². The molecule has 30 heavy (non-hydrogen) atoms. The lowest BCUT2D eigenvalue weighted by atomic mass is 10.1. The lowest BCUT2D eigenvalue weighted by Gasteiger charge is -2.12. The molecule has 0 fully saturated rings. The molecule has 3 rings (SSSR count). The van der Waals surface area contributed by atoms with Crippen molar-refractivity contribution in [1.29, 1.82) is 0 Å². The molecule has 0 bridgehead atoms. The molecular formula is C21H19ClN4O4. The summed E-state index contributed by atoms with van der Waals surface area (Å²) in [5.41, 5.74) is 1.65. The van der Waals surface area contributed by atoms with Gasteiger partial charge in [-0.15, -0.1) is 0 Å². The largest absolute Gasteiger partial charge is 0.495 e. The number of anilines is 1. The number of rotatable bonds is 6. The summed E-state index contributed by atoms with van der Waals surface area (Å²) in [7, 11) is 1.47. The number of ether oxygens (including phenoxy) is 1. The molecule has 0 radical (unpaired) electrons. The number of aryl methyl sites for hydroxylation is 1. The molecule has 0 spiro atoms. The zero-order chi connectivity index (χ0) is 21.8. The Balaban J connectivity index is 1.91. The Bertz CT molecular complexity index is 1220. The van der Waals surface area contributed by atoms with Crippen molar-refractivity contribution in [2.24, 2.45) is 10.2 Å². The highest BCUT2D eigenvalue weighted by Gasteiger charge is 2.24. The number of hydrogen-bond acceptors (Lipinski definition) is 6. The molecule has 8 nitrogen and oxygen atoms in total. The lowest BCUT2D eigenvalue weighted by molar-refractivity contribution is -0.126. The van der Waals surface area contributed by atoms with Crippen LogP contribution in [-0.2, 0) is 9.59 Å². The zero-order valence-corrected chi connectivity index (χ0v) is 17.3. The first kappa shape index (κ1) is 21.2. The van der Waals surface area contributed by atoms with Crippen LogP contribution in [0.5, 0.6) is 5.75 Å². The molecule has 154 valence electrons. The summed E-state index contributed by atoms with van der Waals surface area (Å²) in [5, 5.41) is 11.6. The molecule has 1 atom stereocenters. The number of aromatic nitrogens is 1. The Kier molecular flexibility index (Phi) is 6.27. The van der Waals surface area contributed by atoms with Gasteiger partial charge in [-0.3, -0.25) is 14.4 Å². The summed E-state index contributed by atoms with van der Waals surface area (Å²) >= 11 is 6.28. The average molecular weight is 427 g/mol. The van der Waals surface area contributed by atoms with E-state index in [2.05, 4.69) is 20.5 Å². The number of aromatic amines is 1. The maximum Gasteiger partial charge on any atom is 0.258 e. The Morgan fingerprint density at radius 2 is 1.93 bits per heavy atom. The number of H-pyrrole nitrogens is 1. The molecule has 3 aromatic rings. The third-order valence-electron chi connectivity index (χ3n) is 4.40. The molecular weight excluding hydrogens is 408 g/mol. The first-order chi connectivity index (χ1) is 14.3. The number of carbonyl (C=O) groups is 2. The third-order valence-corrected chi connectivity index (χ3v) is 4.70. The van der Waals surface area contributed by atoms with Crippen molar-refractivity contribution < 1.29 is 14.3 Å². The van der Waals surface area contributed by atoms with Crippen molar-refractivity contribution in [3.8, 4) is 5.75 Å². The van der Waals surface area contributed by atoms with Gasteiger partial charge in [0.15, 0.2) is 5.78 Å². The van der Waals surface area contributed by atoms with Gasteiger partial charge in [0.05, 0.1) is 23.3 Å². The van der Waals surface area contributed by atoms with E-state index < -0.39 is 17.7 Å². The summed E-state index contributed by atoms with van der Waals surface area (Å²) in [6.45, 7) is 3.04. The van der Waals surface area contributed by atoms with Crippen LogP contribution in [0.15, 0.2) is 57.5 Å². The van der Waals surface area contributed by atoms with Gasteiger partial charge in [-0.05, 0) is 43.7 Å². The maximum absolute atomic E-state index is 12.6. The molecule has 1 heterocycles. The van der Waals surface area contributed by atoms with Crippen LogP contribution in [0, 0.1) is 6.92 Å². The van der Waals surface area contributed by atoms with Crippen LogP contribution in [-0.4, -0.2) is 29.8 Å². The highest BCUT2D eigenvalue weighted by molar-refractivity contribution is 6.33. The standard InChI is InChI=1S/C21H19ClN4O4/c1-11-8-19(28)23-16-10-17(14(22)9-13(11)16)25-26-20(12(2)27)21(29)24-15-6-4-5-7-18(15)30-3/h4-10,20H,1-3H3,(H,23,28)(H,24,29). The fraction of sp³-hybridized carbons (Fsp3) is 0.190. The van der Waals surface area contributed by atoms with Crippen LogP contribution >= 0.6 is 11.6 Å². The van der Waals surface area contributed by atoms with Gasteiger partial charge in [-0.2, -0.15) is 10.2 Å². The third kappa shape index (κ3) is 4.55. The minimum atomic E-state index is -1.38. The first-order valence-electron chi connectivity index (χ1n) is 8.98. The fourth-order valence-corrected chi connectivity index (χ4v) is 3.10. The van der Waals surface area contributed by atoms with Crippen LogP contribution in [0.4, 0.5) is 11.4 Å². The van der Waals surface area contributed by atoms with Crippen molar-refractivity contribution in [1.82, 2.24) is 4.98 Å². The molecule has 1 aromatic heterocycles. The quantitative estimate of drug-likeness (QED) is 0.454. The second-order valence-corrected chi connectivity index (χ2v) is 6.99. The number of carbonyl (C=O) groups excluding carboxylic acids is 2. The van der Waals surface area contributed by atoms with E-state index in [1.54, 1.807) is 43.3 Å². The smallest absolute Gasteiger partial charge is 0.258 e. The van der Waals surface area contributed by atoms with E-state index in [0.717, 1.165) is 10.9 Å². The number of nitrogens with zero attached hydrogens (tertiary/aromatic N) is 2. The summed E-state index contributed by atoms with van der Waals surface area (Å²) in [6, 6.07) is 10.1. The van der Waals surface area contributed by atoms with E-state index in [0.29, 0.717) is 17.0 Å². The highest BCUT2D eigenvalue weighted by atomic mass is 35.5. The van der Waals surface area contributed by atoms with Gasteiger partial charge in [0.25, 0.3) is 5.91 Å². The van der Waals surface area contributed by atoms with Gasteiger partial charge < -0.3 is 15.0 Å².